The lowest BCUT2D eigenvalue weighted by Gasteiger charge is -2.48. The molecule has 18 N–H and O–H groups in total. The molecule has 0 radical (unpaired) electrons. The SMILES string of the molecule is C[C@@H]1O[C@@H](O[C@H]2[C@H](O[C@H]3[C@H](Oc4c(-c5cc(O)c(O[C@@H]6OC[C@@H](O[C@@H]7O[C@@H](C)[C@H](O)[C@@H](O)[C@H]7O)[C@H](O)[C@H]6O)c(O)c5)oc5cc(O)cc(O)c5c4=O)O[C@@H](C)[C@H](O)[C@H]3O)O[C@H](COC(=O)/C=C/c3ccc(O)c(O)c3)[C@@H](O)[C@@H]2O)[C@H](O)[C@H](O)[C@H]1O. The van der Waals surface area contributed by atoms with Gasteiger partial charge in [0.25, 0.3) is 0 Å². The van der Waals surface area contributed by atoms with E-state index < -0.39 is 240 Å². The summed E-state index contributed by atoms with van der Waals surface area (Å²) in [4.78, 5) is 27.6. The normalized spacial score (nSPS) is 38.1. The Hall–Kier alpha value is -6.32. The molecule has 85 heavy (non-hydrogen) atoms. The lowest BCUT2D eigenvalue weighted by Crippen LogP contribution is -2.66. The van der Waals surface area contributed by atoms with Crippen molar-refractivity contribution in [3.05, 3.63) is 64.3 Å². The minimum absolute atomic E-state index is 0.239. The maximum atomic E-state index is 14.7. The van der Waals surface area contributed by atoms with Crippen molar-refractivity contribution < 1.29 is 153 Å². The molecule has 32 heteroatoms. The van der Waals surface area contributed by atoms with Crippen molar-refractivity contribution in [1.29, 1.82) is 0 Å². The van der Waals surface area contributed by atoms with Gasteiger partial charge in [-0.05, 0) is 56.7 Å². The summed E-state index contributed by atoms with van der Waals surface area (Å²) in [5.74, 6) is -8.02. The molecule has 3 aromatic carbocycles. The van der Waals surface area contributed by atoms with Crippen LogP contribution in [-0.4, -0.2) is 259 Å². The Morgan fingerprint density at radius 1 is 0.529 bits per heavy atom. The number of ether oxygens (including phenoxy) is 11. The van der Waals surface area contributed by atoms with Gasteiger partial charge in [-0.25, -0.2) is 4.79 Å². The number of phenols is 6. The molecule has 5 aliphatic heterocycles. The topological polar surface area (TPSA) is 513 Å². The summed E-state index contributed by atoms with van der Waals surface area (Å²) in [6.07, 6.45) is -41.6. The second kappa shape index (κ2) is 25.6. The molecule has 0 amide bonds. The Labute approximate surface area is 478 Å². The molecule has 468 valence electrons. The summed E-state index contributed by atoms with van der Waals surface area (Å²) >= 11 is 0. The third-order valence-corrected chi connectivity index (χ3v) is 14.9. The van der Waals surface area contributed by atoms with Gasteiger partial charge in [-0.2, -0.15) is 0 Å². The molecule has 5 fully saturated rings. The van der Waals surface area contributed by atoms with Crippen LogP contribution in [0.4, 0.5) is 0 Å². The first-order valence-electron chi connectivity index (χ1n) is 26.3. The van der Waals surface area contributed by atoms with Crippen molar-refractivity contribution in [3.8, 4) is 57.3 Å². The quantitative estimate of drug-likeness (QED) is 0.0303. The number of aliphatic hydroxyl groups is 12. The van der Waals surface area contributed by atoms with Gasteiger partial charge >= 0.3 is 5.97 Å². The number of rotatable bonds is 15. The number of aromatic hydroxyl groups is 6. The zero-order valence-corrected chi connectivity index (χ0v) is 44.7. The van der Waals surface area contributed by atoms with E-state index in [1.54, 1.807) is 0 Å². The van der Waals surface area contributed by atoms with E-state index in [-0.39, 0.29) is 5.56 Å². The second-order valence-electron chi connectivity index (χ2n) is 20.9. The fraction of sp³-hybridized carbons (Fsp3) is 0.547. The number of esters is 1. The van der Waals surface area contributed by atoms with Crippen molar-refractivity contribution in [3.63, 3.8) is 0 Å². The maximum Gasteiger partial charge on any atom is 0.330 e. The molecule has 0 bridgehead atoms. The maximum absolute atomic E-state index is 14.7. The first-order chi connectivity index (χ1) is 40.1. The summed E-state index contributed by atoms with van der Waals surface area (Å²) < 4.78 is 69.0. The number of carbonyl (C=O) groups is 1. The molecular weight excluding hydrogens is 1150 g/mol. The molecule has 0 unspecified atom stereocenters. The third kappa shape index (κ3) is 12.9. The molecule has 32 nitrogen and oxygen atoms in total. The molecule has 1 aromatic heterocycles. The van der Waals surface area contributed by atoms with Crippen molar-refractivity contribution >= 4 is 23.0 Å². The fourth-order valence-corrected chi connectivity index (χ4v) is 9.93. The van der Waals surface area contributed by atoms with Gasteiger partial charge < -0.3 is 148 Å². The van der Waals surface area contributed by atoms with Gasteiger partial charge in [-0.3, -0.25) is 4.79 Å². The molecule has 0 saturated carbocycles. The fourth-order valence-electron chi connectivity index (χ4n) is 9.93. The minimum Gasteiger partial charge on any atom is -0.508 e. The lowest BCUT2D eigenvalue weighted by atomic mass is 9.96. The highest BCUT2D eigenvalue weighted by Crippen LogP contribution is 2.46. The average molecular weight is 1210 g/mol. The summed E-state index contributed by atoms with van der Waals surface area (Å²) in [7, 11) is 0. The number of hydrogen-bond donors (Lipinski definition) is 18. The summed E-state index contributed by atoms with van der Waals surface area (Å²) in [5.41, 5.74) is -2.03. The van der Waals surface area contributed by atoms with Crippen LogP contribution in [0.15, 0.2) is 57.8 Å². The Bertz CT molecular complexity index is 3080. The Morgan fingerprint density at radius 2 is 1.07 bits per heavy atom. The Kier molecular flexibility index (Phi) is 19.0. The van der Waals surface area contributed by atoms with E-state index in [2.05, 4.69) is 0 Å². The van der Waals surface area contributed by atoms with Gasteiger partial charge in [-0.15, -0.1) is 0 Å². The van der Waals surface area contributed by atoms with E-state index in [0.717, 1.165) is 42.5 Å². The summed E-state index contributed by atoms with van der Waals surface area (Å²) in [5, 5.41) is 194. The van der Waals surface area contributed by atoms with Crippen LogP contribution in [0.25, 0.3) is 28.4 Å². The lowest BCUT2D eigenvalue weighted by molar-refractivity contribution is -0.387. The van der Waals surface area contributed by atoms with E-state index in [0.29, 0.717) is 0 Å². The van der Waals surface area contributed by atoms with E-state index in [4.69, 9.17) is 56.5 Å². The van der Waals surface area contributed by atoms with Gasteiger partial charge in [0.05, 0.1) is 24.9 Å². The van der Waals surface area contributed by atoms with Crippen LogP contribution in [-0.2, 0) is 47.4 Å². The van der Waals surface area contributed by atoms with Crippen molar-refractivity contribution in [2.24, 2.45) is 0 Å². The standard InChI is InChI=1S/C53H64O32/c1-15-31(61)37(67)42(72)50(76-15)80-28-14-75-49(41(71)35(28)65)82-45-24(58)9-19(10-25(45)59)44-46(36(66)30-23(57)11-20(54)12-26(30)79-44)83-52-47(39(69)33(63)17(3)78-52)85-53-48(84-51-43(73)38(68)32(62)16(2)77-51)40(70)34(64)27(81-53)13-74-29(60)7-5-18-4-6-21(55)22(56)8-18/h4-12,15-17,27-28,31-35,37-43,47-59,61-65,67-73H,13-14H2,1-3H3/b7-5+/t15-,16-,17-,27+,28+,31-,32-,33-,34+,35-,37+,38+,39+,40-,41+,42+,43+,47+,48+,49-,50-,51-,52-,53-/m0/s1. The predicted molar refractivity (Wildman–Crippen MR) is 274 cm³/mol. The first kappa shape index (κ1) is 63.2. The van der Waals surface area contributed by atoms with Crippen molar-refractivity contribution in [1.82, 2.24) is 0 Å². The molecule has 0 aliphatic carbocycles. The number of phenolic OH excluding ortho intramolecular Hbond substituents is 6. The zero-order valence-electron chi connectivity index (χ0n) is 44.7. The van der Waals surface area contributed by atoms with Gasteiger partial charge in [-0.1, -0.05) is 6.07 Å². The first-order valence-corrected chi connectivity index (χ1v) is 26.3. The third-order valence-electron chi connectivity index (χ3n) is 14.9. The Balaban J connectivity index is 1.01. The minimum atomic E-state index is -2.19. The van der Waals surface area contributed by atoms with E-state index >= 15 is 0 Å². The predicted octanol–water partition coefficient (Wildman–Crippen LogP) is -4.49. The number of aliphatic hydroxyl groups excluding tert-OH is 12. The number of hydrogen-bond acceptors (Lipinski definition) is 32. The average Bonchev–Trinajstić information content (AvgIpc) is 1.72. The second-order valence-corrected chi connectivity index (χ2v) is 20.9. The molecule has 24 atom stereocenters. The molecule has 6 heterocycles. The van der Waals surface area contributed by atoms with Crippen LogP contribution < -0.4 is 14.9 Å². The van der Waals surface area contributed by atoms with Crippen molar-refractivity contribution in [2.75, 3.05) is 13.2 Å². The highest BCUT2D eigenvalue weighted by Gasteiger charge is 2.55. The van der Waals surface area contributed by atoms with Crippen LogP contribution in [0.1, 0.15) is 26.3 Å². The number of benzene rings is 3. The van der Waals surface area contributed by atoms with E-state index in [1.807, 2.05) is 0 Å². The smallest absolute Gasteiger partial charge is 0.330 e. The number of fused-ring (bicyclic) bond motifs is 1. The van der Waals surface area contributed by atoms with Crippen LogP contribution >= 0.6 is 0 Å². The molecule has 9 rings (SSSR count). The van der Waals surface area contributed by atoms with Gasteiger partial charge in [0, 0.05) is 23.8 Å². The van der Waals surface area contributed by atoms with Crippen LogP contribution in [0.5, 0.6) is 46.0 Å². The van der Waals surface area contributed by atoms with Gasteiger partial charge in [0.1, 0.15) is 121 Å². The zero-order chi connectivity index (χ0) is 61.8. The van der Waals surface area contributed by atoms with E-state index in [1.165, 1.54) is 32.9 Å². The van der Waals surface area contributed by atoms with Crippen LogP contribution in [0, 0.1) is 0 Å². The summed E-state index contributed by atoms with van der Waals surface area (Å²) in [6.45, 7) is 2.45. The highest BCUT2D eigenvalue weighted by molar-refractivity contribution is 5.89. The van der Waals surface area contributed by atoms with Crippen molar-refractivity contribution in [2.45, 2.75) is 168 Å². The molecule has 0 spiro atoms. The molecule has 5 saturated heterocycles. The molecular formula is C53H64O32. The van der Waals surface area contributed by atoms with Crippen LogP contribution in [0.3, 0.4) is 0 Å². The number of carbonyl (C=O) groups excluding carboxylic acids is 1. The van der Waals surface area contributed by atoms with Gasteiger partial charge in [0.15, 0.2) is 53.7 Å². The largest absolute Gasteiger partial charge is 0.508 e. The highest BCUT2D eigenvalue weighted by atomic mass is 16.8. The van der Waals surface area contributed by atoms with Gasteiger partial charge in [0.2, 0.25) is 29.5 Å². The summed E-state index contributed by atoms with van der Waals surface area (Å²) in [6, 6.07) is 6.90. The van der Waals surface area contributed by atoms with Crippen LogP contribution in [0.2, 0.25) is 0 Å². The molecule has 5 aliphatic rings. The van der Waals surface area contributed by atoms with E-state index in [9.17, 15) is 102 Å². The molecule has 4 aromatic rings. The Morgan fingerprint density at radius 3 is 1.69 bits per heavy atom. The monoisotopic (exact) mass is 1210 g/mol.